The van der Waals surface area contributed by atoms with Gasteiger partial charge in [-0.3, -0.25) is 4.98 Å². The van der Waals surface area contributed by atoms with Crippen molar-refractivity contribution in [1.82, 2.24) is 4.98 Å². The number of aromatic nitrogens is 1. The molecule has 1 aromatic heterocycles. The van der Waals surface area contributed by atoms with Gasteiger partial charge in [-0.15, -0.1) is 0 Å². The summed E-state index contributed by atoms with van der Waals surface area (Å²) >= 11 is 0. The van der Waals surface area contributed by atoms with E-state index < -0.39 is 0 Å². The summed E-state index contributed by atoms with van der Waals surface area (Å²) in [6, 6.07) is 10.9. The van der Waals surface area contributed by atoms with Crippen LogP contribution in [0, 0.1) is 6.92 Å². The second kappa shape index (κ2) is 4.81. The van der Waals surface area contributed by atoms with Gasteiger partial charge in [-0.25, -0.2) is 0 Å². The molecule has 1 aliphatic rings. The molecule has 2 nitrogen and oxygen atoms in total. The predicted octanol–water partition coefficient (Wildman–Crippen LogP) is 3.88. The Balaban J connectivity index is 1.73. The summed E-state index contributed by atoms with van der Waals surface area (Å²) in [4.78, 5) is 4.20. The normalized spacial score (nSPS) is 14.5. The van der Waals surface area contributed by atoms with E-state index in [0.717, 1.165) is 18.2 Å². The fourth-order valence-corrected chi connectivity index (χ4v) is 2.34. The number of hydrogen-bond donors (Lipinski definition) is 1. The summed E-state index contributed by atoms with van der Waals surface area (Å²) in [6.45, 7) is 2.95. The zero-order valence-corrected chi connectivity index (χ0v) is 10.7. The average molecular weight is 238 g/mol. The van der Waals surface area contributed by atoms with Gasteiger partial charge in [0.2, 0.25) is 0 Å². The van der Waals surface area contributed by atoms with Crippen LogP contribution in [0.2, 0.25) is 0 Å². The summed E-state index contributed by atoms with van der Waals surface area (Å²) < 4.78 is 0. The first-order chi connectivity index (χ1) is 8.83. The highest BCUT2D eigenvalue weighted by molar-refractivity contribution is 5.44. The van der Waals surface area contributed by atoms with Gasteiger partial charge in [-0.1, -0.05) is 24.3 Å². The van der Waals surface area contributed by atoms with Crippen LogP contribution in [0.15, 0.2) is 42.7 Å². The minimum Gasteiger partial charge on any atom is -0.380 e. The Morgan fingerprint density at radius 3 is 2.83 bits per heavy atom. The first-order valence-electron chi connectivity index (χ1n) is 6.56. The monoisotopic (exact) mass is 238 g/mol. The van der Waals surface area contributed by atoms with Crippen molar-refractivity contribution in [3.8, 4) is 0 Å². The van der Waals surface area contributed by atoms with Crippen molar-refractivity contribution in [3.63, 3.8) is 0 Å². The first-order valence-corrected chi connectivity index (χ1v) is 6.56. The van der Waals surface area contributed by atoms with Crippen molar-refractivity contribution in [1.29, 1.82) is 0 Å². The molecule has 1 fully saturated rings. The van der Waals surface area contributed by atoms with Gasteiger partial charge in [0.05, 0.1) is 5.69 Å². The van der Waals surface area contributed by atoms with Crippen molar-refractivity contribution in [3.05, 3.63) is 59.4 Å². The Kier molecular flexibility index (Phi) is 3.01. The van der Waals surface area contributed by atoms with Crippen molar-refractivity contribution >= 4 is 5.69 Å². The molecule has 2 aromatic rings. The predicted molar refractivity (Wildman–Crippen MR) is 74.7 cm³/mol. The van der Waals surface area contributed by atoms with Gasteiger partial charge < -0.3 is 5.32 Å². The standard InChI is InChI=1S/C16H18N2/c1-12-8-15(11-17-9-12)18-10-14-4-2-3-5-16(14)13-6-7-13/h2-5,8-9,11,13,18H,6-7,10H2,1H3. The first kappa shape index (κ1) is 11.3. The second-order valence-corrected chi connectivity index (χ2v) is 5.08. The summed E-state index contributed by atoms with van der Waals surface area (Å²) in [7, 11) is 0. The molecule has 0 saturated heterocycles. The maximum absolute atomic E-state index is 4.20. The molecule has 1 aromatic carbocycles. The highest BCUT2D eigenvalue weighted by Crippen LogP contribution is 2.41. The maximum atomic E-state index is 4.20. The molecule has 0 radical (unpaired) electrons. The Morgan fingerprint density at radius 1 is 1.22 bits per heavy atom. The van der Waals surface area contributed by atoms with Crippen molar-refractivity contribution in [2.45, 2.75) is 32.2 Å². The number of anilines is 1. The van der Waals surface area contributed by atoms with Crippen molar-refractivity contribution in [2.24, 2.45) is 0 Å². The molecule has 2 heteroatoms. The zero-order chi connectivity index (χ0) is 12.4. The van der Waals surface area contributed by atoms with Gasteiger partial charge in [0.1, 0.15) is 0 Å². The Morgan fingerprint density at radius 2 is 2.06 bits per heavy atom. The van der Waals surface area contributed by atoms with Gasteiger partial charge in [-0.05, 0) is 48.4 Å². The molecule has 18 heavy (non-hydrogen) atoms. The Bertz CT molecular complexity index is 544. The summed E-state index contributed by atoms with van der Waals surface area (Å²) in [5.41, 5.74) is 5.23. The van der Waals surface area contributed by atoms with Crippen molar-refractivity contribution in [2.75, 3.05) is 5.32 Å². The van der Waals surface area contributed by atoms with Gasteiger partial charge in [0.25, 0.3) is 0 Å². The van der Waals surface area contributed by atoms with E-state index in [1.54, 1.807) is 0 Å². The van der Waals surface area contributed by atoms with Crippen LogP contribution in [0.25, 0.3) is 0 Å². The molecule has 0 unspecified atom stereocenters. The van der Waals surface area contributed by atoms with Crippen molar-refractivity contribution < 1.29 is 0 Å². The molecule has 0 atom stereocenters. The average Bonchev–Trinajstić information content (AvgIpc) is 3.21. The lowest BCUT2D eigenvalue weighted by atomic mass is 10.0. The third-order valence-corrected chi connectivity index (χ3v) is 3.43. The summed E-state index contributed by atoms with van der Waals surface area (Å²) in [5.74, 6) is 0.804. The second-order valence-electron chi connectivity index (χ2n) is 5.08. The van der Waals surface area contributed by atoms with Crippen LogP contribution >= 0.6 is 0 Å². The maximum Gasteiger partial charge on any atom is 0.0532 e. The van der Waals surface area contributed by atoms with Crippen LogP contribution in [-0.4, -0.2) is 4.98 Å². The fraction of sp³-hybridized carbons (Fsp3) is 0.312. The van der Waals surface area contributed by atoms with E-state index in [2.05, 4.69) is 47.6 Å². The lowest BCUT2D eigenvalue weighted by Crippen LogP contribution is -2.02. The molecule has 1 aliphatic carbocycles. The molecule has 0 aliphatic heterocycles. The number of rotatable bonds is 4. The lowest BCUT2D eigenvalue weighted by Gasteiger charge is -2.11. The van der Waals surface area contributed by atoms with Crippen LogP contribution in [-0.2, 0) is 6.54 Å². The van der Waals surface area contributed by atoms with E-state index in [1.165, 1.54) is 29.5 Å². The van der Waals surface area contributed by atoms with Gasteiger partial charge in [-0.2, -0.15) is 0 Å². The van der Waals surface area contributed by atoms with Crippen LogP contribution in [0.1, 0.15) is 35.4 Å². The quantitative estimate of drug-likeness (QED) is 0.874. The smallest absolute Gasteiger partial charge is 0.0532 e. The van der Waals surface area contributed by atoms with Gasteiger partial charge in [0.15, 0.2) is 0 Å². The zero-order valence-electron chi connectivity index (χ0n) is 10.7. The molecule has 1 N–H and O–H groups in total. The third-order valence-electron chi connectivity index (χ3n) is 3.43. The van der Waals surface area contributed by atoms with Gasteiger partial charge in [0, 0.05) is 18.9 Å². The summed E-state index contributed by atoms with van der Waals surface area (Å²) in [5, 5.41) is 3.46. The Hall–Kier alpha value is -1.83. The highest BCUT2D eigenvalue weighted by Gasteiger charge is 2.25. The Labute approximate surface area is 108 Å². The van der Waals surface area contributed by atoms with E-state index in [9.17, 15) is 0 Å². The molecular formula is C16H18N2. The van der Waals surface area contributed by atoms with E-state index in [0.29, 0.717) is 0 Å². The topological polar surface area (TPSA) is 24.9 Å². The third kappa shape index (κ3) is 2.53. The highest BCUT2D eigenvalue weighted by atomic mass is 14.9. The SMILES string of the molecule is Cc1cncc(NCc2ccccc2C2CC2)c1. The van der Waals surface area contributed by atoms with Gasteiger partial charge >= 0.3 is 0 Å². The summed E-state index contributed by atoms with van der Waals surface area (Å²) in [6.07, 6.45) is 6.46. The number of pyridine rings is 1. The van der Waals surface area contributed by atoms with Crippen LogP contribution in [0.4, 0.5) is 5.69 Å². The van der Waals surface area contributed by atoms with E-state index >= 15 is 0 Å². The van der Waals surface area contributed by atoms with Crippen LogP contribution in [0.3, 0.4) is 0 Å². The molecule has 0 spiro atoms. The fourth-order valence-electron chi connectivity index (χ4n) is 2.34. The molecule has 1 saturated carbocycles. The number of hydrogen-bond acceptors (Lipinski definition) is 2. The molecule has 3 rings (SSSR count). The molecule has 92 valence electrons. The molecule has 1 heterocycles. The molecular weight excluding hydrogens is 220 g/mol. The van der Waals surface area contributed by atoms with E-state index in [-0.39, 0.29) is 0 Å². The largest absolute Gasteiger partial charge is 0.380 e. The van der Waals surface area contributed by atoms with Crippen LogP contribution in [0.5, 0.6) is 0 Å². The van der Waals surface area contributed by atoms with E-state index in [1.807, 2.05) is 12.4 Å². The van der Waals surface area contributed by atoms with Crippen LogP contribution < -0.4 is 5.32 Å². The lowest BCUT2D eigenvalue weighted by molar-refractivity contribution is 1.03. The number of nitrogens with one attached hydrogen (secondary N) is 1. The molecule has 0 bridgehead atoms. The minimum absolute atomic E-state index is 0.804. The number of aryl methyl sites for hydroxylation is 1. The molecule has 0 amide bonds. The number of nitrogens with zero attached hydrogens (tertiary/aromatic N) is 1. The van der Waals surface area contributed by atoms with E-state index in [4.69, 9.17) is 0 Å². The number of benzene rings is 1. The minimum atomic E-state index is 0.804.